The second kappa shape index (κ2) is 4.07. The van der Waals surface area contributed by atoms with Crippen molar-refractivity contribution in [2.24, 2.45) is 0 Å². The van der Waals surface area contributed by atoms with Gasteiger partial charge >= 0.3 is 0 Å². The highest BCUT2D eigenvalue weighted by Crippen LogP contribution is 2.19. The number of halogens is 2. The lowest BCUT2D eigenvalue weighted by Gasteiger charge is -2.10. The fourth-order valence-electron chi connectivity index (χ4n) is 0.784. The van der Waals surface area contributed by atoms with Crippen molar-refractivity contribution in [1.82, 2.24) is 9.88 Å². The number of hydrogen-bond donors (Lipinski definition) is 0. The molecule has 70 valence electrons. The first kappa shape index (κ1) is 10.5. The Labute approximate surface area is 89.8 Å². The highest BCUT2D eigenvalue weighted by Gasteiger charge is 2.13. The summed E-state index contributed by atoms with van der Waals surface area (Å²) in [5, 5.41) is 0.502. The molecule has 13 heavy (non-hydrogen) atoms. The molecular formula is C8H8BrClN2O. The second-order valence-electron chi connectivity index (χ2n) is 2.68. The van der Waals surface area contributed by atoms with Crippen LogP contribution in [0.5, 0.6) is 0 Å². The van der Waals surface area contributed by atoms with Gasteiger partial charge in [-0.3, -0.25) is 4.79 Å². The van der Waals surface area contributed by atoms with Crippen LogP contribution in [0.2, 0.25) is 5.02 Å². The van der Waals surface area contributed by atoms with Gasteiger partial charge in [0.2, 0.25) is 0 Å². The number of pyridine rings is 1. The van der Waals surface area contributed by atoms with E-state index in [2.05, 4.69) is 20.9 Å². The van der Waals surface area contributed by atoms with Crippen molar-refractivity contribution in [2.75, 3.05) is 14.1 Å². The van der Waals surface area contributed by atoms with Crippen LogP contribution in [0.15, 0.2) is 16.7 Å². The van der Waals surface area contributed by atoms with Crippen LogP contribution >= 0.6 is 27.5 Å². The summed E-state index contributed by atoms with van der Waals surface area (Å²) in [7, 11) is 3.34. The fourth-order valence-corrected chi connectivity index (χ4v) is 1.59. The molecule has 0 atom stereocenters. The van der Waals surface area contributed by atoms with E-state index in [-0.39, 0.29) is 5.91 Å². The molecule has 1 amide bonds. The van der Waals surface area contributed by atoms with Crippen molar-refractivity contribution in [3.8, 4) is 0 Å². The topological polar surface area (TPSA) is 33.2 Å². The van der Waals surface area contributed by atoms with E-state index in [0.29, 0.717) is 15.2 Å². The predicted molar refractivity (Wildman–Crippen MR) is 55.0 cm³/mol. The third kappa shape index (κ3) is 2.42. The molecule has 0 saturated carbocycles. The zero-order valence-corrected chi connectivity index (χ0v) is 9.56. The quantitative estimate of drug-likeness (QED) is 0.778. The normalized spacial score (nSPS) is 9.85. The Kier molecular flexibility index (Phi) is 3.27. The van der Waals surface area contributed by atoms with Crippen molar-refractivity contribution in [2.45, 2.75) is 0 Å². The van der Waals surface area contributed by atoms with E-state index >= 15 is 0 Å². The molecule has 5 heteroatoms. The minimum absolute atomic E-state index is 0.149. The summed E-state index contributed by atoms with van der Waals surface area (Å²) < 4.78 is 0.610. The largest absolute Gasteiger partial charge is 0.343 e. The van der Waals surface area contributed by atoms with Gasteiger partial charge in [-0.15, -0.1) is 0 Å². The van der Waals surface area contributed by atoms with E-state index < -0.39 is 0 Å². The summed E-state index contributed by atoms with van der Waals surface area (Å²) in [6, 6.07) is 1.64. The van der Waals surface area contributed by atoms with Crippen LogP contribution in [0.3, 0.4) is 0 Å². The van der Waals surface area contributed by atoms with Gasteiger partial charge in [0.25, 0.3) is 5.91 Å². The number of nitrogens with zero attached hydrogens (tertiary/aromatic N) is 2. The monoisotopic (exact) mass is 262 g/mol. The van der Waals surface area contributed by atoms with Crippen LogP contribution in [0, 0.1) is 0 Å². The Bertz CT molecular complexity index is 341. The molecule has 0 aliphatic carbocycles. The molecular weight excluding hydrogens is 255 g/mol. The van der Waals surface area contributed by atoms with E-state index in [1.165, 1.54) is 11.1 Å². The molecule has 1 aromatic heterocycles. The Balaban J connectivity index is 3.09. The number of carbonyl (C=O) groups excluding carboxylic acids is 1. The lowest BCUT2D eigenvalue weighted by atomic mass is 10.3. The van der Waals surface area contributed by atoms with Crippen molar-refractivity contribution < 1.29 is 4.79 Å². The smallest absolute Gasteiger partial charge is 0.273 e. The zero-order valence-electron chi connectivity index (χ0n) is 7.21. The third-order valence-electron chi connectivity index (χ3n) is 1.42. The van der Waals surface area contributed by atoms with Crippen molar-refractivity contribution in [1.29, 1.82) is 0 Å². The van der Waals surface area contributed by atoms with Gasteiger partial charge in [-0.25, -0.2) is 4.98 Å². The molecule has 0 N–H and O–H groups in total. The minimum Gasteiger partial charge on any atom is -0.343 e. The third-order valence-corrected chi connectivity index (χ3v) is 2.23. The molecule has 0 aliphatic rings. The number of rotatable bonds is 1. The Hall–Kier alpha value is -0.610. The van der Waals surface area contributed by atoms with Crippen LogP contribution < -0.4 is 0 Å². The first-order valence-corrected chi connectivity index (χ1v) is 4.72. The summed E-state index contributed by atoms with van der Waals surface area (Å²) in [4.78, 5) is 16.9. The molecule has 3 nitrogen and oxygen atoms in total. The van der Waals surface area contributed by atoms with E-state index in [9.17, 15) is 4.79 Å². The van der Waals surface area contributed by atoms with Gasteiger partial charge in [0.1, 0.15) is 5.69 Å². The van der Waals surface area contributed by atoms with Crippen molar-refractivity contribution in [3.63, 3.8) is 0 Å². The predicted octanol–water partition coefficient (Wildman–Crippen LogP) is 2.20. The van der Waals surface area contributed by atoms with Gasteiger partial charge in [-0.05, 0) is 22.0 Å². The Morgan fingerprint density at radius 1 is 1.62 bits per heavy atom. The average molecular weight is 264 g/mol. The molecule has 0 radical (unpaired) electrons. The van der Waals surface area contributed by atoms with Gasteiger partial charge < -0.3 is 4.90 Å². The molecule has 0 aliphatic heterocycles. The molecule has 0 aromatic carbocycles. The van der Waals surface area contributed by atoms with Gasteiger partial charge in [0, 0.05) is 20.3 Å². The van der Waals surface area contributed by atoms with Gasteiger partial charge in [0.05, 0.1) is 9.50 Å². The first-order valence-electron chi connectivity index (χ1n) is 3.55. The molecule has 1 rings (SSSR count). The number of aromatic nitrogens is 1. The van der Waals surface area contributed by atoms with Crippen LogP contribution in [0.1, 0.15) is 10.5 Å². The highest BCUT2D eigenvalue weighted by molar-refractivity contribution is 9.10. The standard InChI is InChI=1S/C8H8BrClN2O/c1-12(2)8(13)7-6(9)3-5(10)4-11-7/h3-4H,1-2H3. The molecule has 0 bridgehead atoms. The number of hydrogen-bond acceptors (Lipinski definition) is 2. The summed E-state index contributed by atoms with van der Waals surface area (Å²) in [6.45, 7) is 0. The maximum Gasteiger partial charge on any atom is 0.273 e. The van der Waals surface area contributed by atoms with Gasteiger partial charge in [-0.2, -0.15) is 0 Å². The summed E-state index contributed by atoms with van der Waals surface area (Å²) in [6.07, 6.45) is 1.45. The SMILES string of the molecule is CN(C)C(=O)c1ncc(Cl)cc1Br. The number of carbonyl (C=O) groups is 1. The molecule has 0 fully saturated rings. The molecule has 1 heterocycles. The van der Waals surface area contributed by atoms with E-state index in [1.807, 2.05) is 0 Å². The molecule has 0 unspecified atom stereocenters. The summed E-state index contributed by atoms with van der Waals surface area (Å²) >= 11 is 8.91. The maximum atomic E-state index is 11.5. The van der Waals surface area contributed by atoms with E-state index in [1.54, 1.807) is 20.2 Å². The van der Waals surface area contributed by atoms with Crippen LogP contribution in [-0.4, -0.2) is 29.9 Å². The average Bonchev–Trinajstić information content (AvgIpc) is 2.03. The Morgan fingerprint density at radius 2 is 2.23 bits per heavy atom. The summed E-state index contributed by atoms with van der Waals surface area (Å²) in [5.74, 6) is -0.149. The fraction of sp³-hybridized carbons (Fsp3) is 0.250. The van der Waals surface area contributed by atoms with Gasteiger partial charge in [0.15, 0.2) is 0 Å². The maximum absolute atomic E-state index is 11.5. The lowest BCUT2D eigenvalue weighted by Crippen LogP contribution is -2.23. The number of amides is 1. The van der Waals surface area contributed by atoms with Gasteiger partial charge in [-0.1, -0.05) is 11.6 Å². The van der Waals surface area contributed by atoms with Crippen LogP contribution in [-0.2, 0) is 0 Å². The second-order valence-corrected chi connectivity index (χ2v) is 3.97. The minimum atomic E-state index is -0.149. The van der Waals surface area contributed by atoms with E-state index in [0.717, 1.165) is 0 Å². The van der Waals surface area contributed by atoms with Crippen LogP contribution in [0.25, 0.3) is 0 Å². The summed E-state index contributed by atoms with van der Waals surface area (Å²) in [5.41, 5.74) is 0.370. The van der Waals surface area contributed by atoms with Crippen molar-refractivity contribution >= 4 is 33.4 Å². The zero-order chi connectivity index (χ0) is 10.0. The highest BCUT2D eigenvalue weighted by atomic mass is 79.9. The molecule has 0 spiro atoms. The Morgan fingerprint density at radius 3 is 2.69 bits per heavy atom. The first-order chi connectivity index (χ1) is 6.02. The molecule has 0 saturated heterocycles. The van der Waals surface area contributed by atoms with Crippen molar-refractivity contribution in [3.05, 3.63) is 27.5 Å². The molecule has 1 aromatic rings. The van der Waals surface area contributed by atoms with Crippen LogP contribution in [0.4, 0.5) is 0 Å². The van der Waals surface area contributed by atoms with E-state index in [4.69, 9.17) is 11.6 Å². The lowest BCUT2D eigenvalue weighted by molar-refractivity contribution is 0.0821.